The Morgan fingerprint density at radius 1 is 1.30 bits per heavy atom. The van der Waals surface area contributed by atoms with E-state index in [1.165, 1.54) is 18.2 Å². The van der Waals surface area contributed by atoms with Crippen LogP contribution < -0.4 is 5.32 Å². The van der Waals surface area contributed by atoms with Crippen molar-refractivity contribution in [3.63, 3.8) is 0 Å². The van der Waals surface area contributed by atoms with E-state index in [2.05, 4.69) is 10.3 Å². The number of methoxy groups -OCH3 is 1. The Kier molecular flexibility index (Phi) is 8.86. The lowest BCUT2D eigenvalue weighted by Gasteiger charge is -2.12. The molecule has 0 aliphatic carbocycles. The van der Waals surface area contributed by atoms with Gasteiger partial charge in [-0.2, -0.15) is 0 Å². The molecule has 0 atom stereocenters. The molecule has 0 saturated carbocycles. The molecule has 0 bridgehead atoms. The second-order valence-corrected chi connectivity index (χ2v) is 5.12. The number of amidine groups is 1. The normalized spacial score (nSPS) is 11.6. The van der Waals surface area contributed by atoms with E-state index in [0.717, 1.165) is 13.0 Å². The van der Waals surface area contributed by atoms with Crippen molar-refractivity contribution in [2.45, 2.75) is 6.42 Å². The number of aliphatic imine (C=N–C) groups is 1. The molecule has 0 aliphatic rings. The number of halogens is 1. The monoisotopic (exact) mass is 325 g/mol. The topological polar surface area (TPSA) is 63.2 Å². The number of carbonyl (C=O) groups excluding carboxylic acids is 1. The fraction of sp³-hybridized carbons (Fsp3) is 0.500. The highest BCUT2D eigenvalue weighted by Crippen LogP contribution is 2.05. The molecule has 0 saturated heterocycles. The van der Waals surface area contributed by atoms with Gasteiger partial charge in [0.2, 0.25) is 0 Å². The molecule has 1 N–H and O–H groups in total. The number of hydrogen-bond donors (Lipinski definition) is 1. The van der Waals surface area contributed by atoms with Gasteiger partial charge in [0.05, 0.1) is 12.2 Å². The van der Waals surface area contributed by atoms with Crippen molar-refractivity contribution in [2.75, 3.05) is 47.5 Å². The molecule has 1 amide bonds. The summed E-state index contributed by atoms with van der Waals surface area (Å²) in [4.78, 5) is 18.4. The van der Waals surface area contributed by atoms with Crippen LogP contribution in [0.1, 0.15) is 16.8 Å². The van der Waals surface area contributed by atoms with Crippen molar-refractivity contribution in [1.29, 1.82) is 0 Å². The average Bonchev–Trinajstić information content (AvgIpc) is 2.51. The molecule has 0 heterocycles. The van der Waals surface area contributed by atoms with Crippen LogP contribution in [-0.2, 0) is 9.47 Å². The molecule has 0 fully saturated rings. The van der Waals surface area contributed by atoms with Gasteiger partial charge in [0.1, 0.15) is 12.4 Å². The zero-order chi connectivity index (χ0) is 17.1. The SMILES string of the molecule is COCCOC(=NCCCN(C)C)NC(=O)c1ccccc1F. The van der Waals surface area contributed by atoms with Gasteiger partial charge in [-0.15, -0.1) is 0 Å². The maximum absolute atomic E-state index is 13.6. The third-order valence-corrected chi connectivity index (χ3v) is 2.88. The number of carbonyl (C=O) groups is 1. The predicted molar refractivity (Wildman–Crippen MR) is 87.2 cm³/mol. The lowest BCUT2D eigenvalue weighted by atomic mass is 10.2. The van der Waals surface area contributed by atoms with Crippen molar-refractivity contribution in [3.8, 4) is 0 Å². The molecule has 6 nitrogen and oxygen atoms in total. The van der Waals surface area contributed by atoms with Gasteiger partial charge in [-0.3, -0.25) is 10.1 Å². The molecule has 0 aromatic heterocycles. The second-order valence-electron chi connectivity index (χ2n) is 5.12. The molecule has 0 spiro atoms. The summed E-state index contributed by atoms with van der Waals surface area (Å²) >= 11 is 0. The molecule has 0 unspecified atom stereocenters. The second kappa shape index (κ2) is 10.7. The van der Waals surface area contributed by atoms with Crippen molar-refractivity contribution >= 4 is 11.9 Å². The number of ether oxygens (including phenoxy) is 2. The number of rotatable bonds is 8. The highest BCUT2D eigenvalue weighted by Gasteiger charge is 2.13. The van der Waals surface area contributed by atoms with Crippen LogP contribution in [0.25, 0.3) is 0 Å². The lowest BCUT2D eigenvalue weighted by molar-refractivity contribution is 0.0950. The Morgan fingerprint density at radius 2 is 2.04 bits per heavy atom. The third kappa shape index (κ3) is 7.71. The first-order valence-corrected chi connectivity index (χ1v) is 7.41. The van der Waals surface area contributed by atoms with Gasteiger partial charge in [-0.1, -0.05) is 12.1 Å². The van der Waals surface area contributed by atoms with Gasteiger partial charge in [0.15, 0.2) is 0 Å². The standard InChI is InChI=1S/C16H24FN3O3/c1-20(2)10-6-9-18-16(23-12-11-22-3)19-15(21)13-7-4-5-8-14(13)17/h4-5,7-8H,6,9-12H2,1-3H3,(H,18,19,21). The zero-order valence-corrected chi connectivity index (χ0v) is 13.8. The van der Waals surface area contributed by atoms with Crippen LogP contribution in [0.3, 0.4) is 0 Å². The number of nitrogens with one attached hydrogen (secondary N) is 1. The van der Waals surface area contributed by atoms with E-state index in [1.807, 2.05) is 19.0 Å². The van der Waals surface area contributed by atoms with E-state index in [0.29, 0.717) is 13.2 Å². The Morgan fingerprint density at radius 3 is 2.70 bits per heavy atom. The number of nitrogens with zero attached hydrogens (tertiary/aromatic N) is 2. The fourth-order valence-electron chi connectivity index (χ4n) is 1.72. The smallest absolute Gasteiger partial charge is 0.291 e. The summed E-state index contributed by atoms with van der Waals surface area (Å²) in [6, 6.07) is 5.83. The summed E-state index contributed by atoms with van der Waals surface area (Å²) in [5, 5.41) is 2.50. The first-order chi connectivity index (χ1) is 11.0. The molecule has 23 heavy (non-hydrogen) atoms. The maximum Gasteiger partial charge on any atom is 0.291 e. The van der Waals surface area contributed by atoms with Crippen molar-refractivity contribution in [2.24, 2.45) is 4.99 Å². The predicted octanol–water partition coefficient (Wildman–Crippen LogP) is 1.53. The highest BCUT2D eigenvalue weighted by atomic mass is 19.1. The van der Waals surface area contributed by atoms with E-state index < -0.39 is 11.7 Å². The Bertz CT molecular complexity index is 521. The maximum atomic E-state index is 13.6. The number of amides is 1. The lowest BCUT2D eigenvalue weighted by Crippen LogP contribution is -2.34. The summed E-state index contributed by atoms with van der Waals surface area (Å²) in [6.45, 7) is 1.99. The first kappa shape index (κ1) is 19.1. The first-order valence-electron chi connectivity index (χ1n) is 7.41. The van der Waals surface area contributed by atoms with E-state index in [4.69, 9.17) is 9.47 Å². The molecule has 1 aromatic rings. The molecule has 0 radical (unpaired) electrons. The summed E-state index contributed by atoms with van der Waals surface area (Å²) in [5.41, 5.74) is -0.0520. The number of hydrogen-bond acceptors (Lipinski definition) is 5. The van der Waals surface area contributed by atoms with Crippen LogP contribution in [0.5, 0.6) is 0 Å². The molecule has 1 rings (SSSR count). The fourth-order valence-corrected chi connectivity index (χ4v) is 1.72. The molecular formula is C16H24FN3O3. The largest absolute Gasteiger partial charge is 0.463 e. The minimum Gasteiger partial charge on any atom is -0.463 e. The van der Waals surface area contributed by atoms with Crippen LogP contribution in [0, 0.1) is 5.82 Å². The summed E-state index contributed by atoms with van der Waals surface area (Å²) in [7, 11) is 5.49. The molecular weight excluding hydrogens is 301 g/mol. The van der Waals surface area contributed by atoms with Gasteiger partial charge >= 0.3 is 0 Å². The van der Waals surface area contributed by atoms with Gasteiger partial charge in [0, 0.05) is 13.7 Å². The zero-order valence-electron chi connectivity index (χ0n) is 13.8. The van der Waals surface area contributed by atoms with Crippen molar-refractivity contribution in [1.82, 2.24) is 10.2 Å². The van der Waals surface area contributed by atoms with Gasteiger partial charge < -0.3 is 14.4 Å². The summed E-state index contributed by atoms with van der Waals surface area (Å²) in [5.74, 6) is -1.18. The van der Waals surface area contributed by atoms with Crippen LogP contribution in [0.15, 0.2) is 29.3 Å². The van der Waals surface area contributed by atoms with E-state index >= 15 is 0 Å². The minimum absolute atomic E-state index is 0.0520. The van der Waals surface area contributed by atoms with Crippen molar-refractivity contribution in [3.05, 3.63) is 35.6 Å². The Labute approximate surface area is 136 Å². The summed E-state index contributed by atoms with van der Waals surface area (Å²) in [6.07, 6.45) is 0.819. The van der Waals surface area contributed by atoms with E-state index in [9.17, 15) is 9.18 Å². The molecule has 7 heteroatoms. The van der Waals surface area contributed by atoms with E-state index in [-0.39, 0.29) is 18.2 Å². The minimum atomic E-state index is -0.591. The van der Waals surface area contributed by atoms with Gasteiger partial charge in [0.25, 0.3) is 11.9 Å². The van der Waals surface area contributed by atoms with Crippen LogP contribution in [-0.4, -0.2) is 64.3 Å². The van der Waals surface area contributed by atoms with Crippen LogP contribution in [0.2, 0.25) is 0 Å². The molecule has 0 aliphatic heterocycles. The Hall–Kier alpha value is -1.99. The van der Waals surface area contributed by atoms with Gasteiger partial charge in [-0.25, -0.2) is 9.38 Å². The Balaban J connectivity index is 2.65. The average molecular weight is 325 g/mol. The third-order valence-electron chi connectivity index (χ3n) is 2.88. The molecule has 1 aromatic carbocycles. The molecule has 128 valence electrons. The van der Waals surface area contributed by atoms with E-state index in [1.54, 1.807) is 13.2 Å². The van der Waals surface area contributed by atoms with Crippen LogP contribution in [0.4, 0.5) is 4.39 Å². The summed E-state index contributed by atoms with van der Waals surface area (Å²) < 4.78 is 23.9. The van der Waals surface area contributed by atoms with Gasteiger partial charge in [-0.05, 0) is 39.2 Å². The van der Waals surface area contributed by atoms with Crippen LogP contribution >= 0.6 is 0 Å². The number of benzene rings is 1. The van der Waals surface area contributed by atoms with Crippen molar-refractivity contribution < 1.29 is 18.7 Å². The quantitative estimate of drug-likeness (QED) is 0.447. The highest BCUT2D eigenvalue weighted by molar-refractivity contribution is 6.04.